The summed E-state index contributed by atoms with van der Waals surface area (Å²) in [6, 6.07) is 6.75. The number of halogens is 1. The third kappa shape index (κ3) is 3.88. The topological polar surface area (TPSA) is 24.9 Å². The fourth-order valence-electron chi connectivity index (χ4n) is 2.14. The lowest BCUT2D eigenvalue weighted by Crippen LogP contribution is -2.24. The van der Waals surface area contributed by atoms with Gasteiger partial charge >= 0.3 is 0 Å². The average Bonchev–Trinajstić information content (AvgIpc) is 2.91. The van der Waals surface area contributed by atoms with E-state index in [9.17, 15) is 0 Å². The lowest BCUT2D eigenvalue weighted by molar-refractivity contribution is 0.526. The Kier molecular flexibility index (Phi) is 5.55. The van der Waals surface area contributed by atoms with Gasteiger partial charge in [0.1, 0.15) is 0 Å². The van der Waals surface area contributed by atoms with Crippen molar-refractivity contribution in [3.8, 4) is 0 Å². The Hall–Kier alpha value is -0.710. The summed E-state index contributed by atoms with van der Waals surface area (Å²) in [5.74, 6) is 0. The zero-order valence-corrected chi connectivity index (χ0v) is 13.7. The molecule has 1 aromatic carbocycles. The highest BCUT2D eigenvalue weighted by Gasteiger charge is 2.16. The van der Waals surface area contributed by atoms with Crippen LogP contribution in [0.3, 0.4) is 0 Å². The first-order valence-electron chi connectivity index (χ1n) is 6.59. The molecule has 4 heteroatoms. The average molecular weight is 339 g/mol. The second-order valence-corrected chi connectivity index (χ2v) is 6.42. The van der Waals surface area contributed by atoms with Crippen LogP contribution in [0.5, 0.6) is 0 Å². The number of nitrogens with zero attached hydrogens (tertiary/aromatic N) is 1. The molecule has 0 aliphatic rings. The van der Waals surface area contributed by atoms with E-state index >= 15 is 0 Å². The van der Waals surface area contributed by atoms with Crippen LogP contribution in [0.1, 0.15) is 35.5 Å². The normalized spacial score (nSPS) is 12.6. The van der Waals surface area contributed by atoms with Crippen LogP contribution in [0.4, 0.5) is 0 Å². The Labute approximate surface area is 127 Å². The Balaban J connectivity index is 2.23. The summed E-state index contributed by atoms with van der Waals surface area (Å²) in [4.78, 5) is 4.41. The Morgan fingerprint density at radius 1 is 1.42 bits per heavy atom. The maximum absolute atomic E-state index is 4.41. The van der Waals surface area contributed by atoms with Gasteiger partial charge in [0.25, 0.3) is 0 Å². The van der Waals surface area contributed by atoms with E-state index in [-0.39, 0.29) is 0 Å². The van der Waals surface area contributed by atoms with E-state index in [1.54, 1.807) is 11.3 Å². The Morgan fingerprint density at radius 2 is 2.26 bits per heavy atom. The van der Waals surface area contributed by atoms with Crippen LogP contribution in [0, 0.1) is 6.92 Å². The molecule has 2 nitrogen and oxygen atoms in total. The second-order valence-electron chi connectivity index (χ2n) is 4.59. The molecule has 0 radical (unpaired) electrons. The van der Waals surface area contributed by atoms with Gasteiger partial charge in [-0.3, -0.25) is 0 Å². The van der Waals surface area contributed by atoms with Crippen LogP contribution in [0.15, 0.2) is 34.2 Å². The van der Waals surface area contributed by atoms with Crippen LogP contribution in [0.25, 0.3) is 0 Å². The molecule has 2 rings (SSSR count). The SMILES string of the molecule is CCCNC(Cc1nccs1)c1cccc(Br)c1C. The van der Waals surface area contributed by atoms with Crippen molar-refractivity contribution in [2.24, 2.45) is 0 Å². The molecule has 0 saturated carbocycles. The van der Waals surface area contributed by atoms with Gasteiger partial charge in [0.05, 0.1) is 5.01 Å². The van der Waals surface area contributed by atoms with Gasteiger partial charge in [-0.15, -0.1) is 11.3 Å². The molecular weight excluding hydrogens is 320 g/mol. The highest BCUT2D eigenvalue weighted by molar-refractivity contribution is 9.10. The monoisotopic (exact) mass is 338 g/mol. The summed E-state index contributed by atoms with van der Waals surface area (Å²) in [7, 11) is 0. The van der Waals surface area contributed by atoms with Crippen molar-refractivity contribution in [1.29, 1.82) is 0 Å². The van der Waals surface area contributed by atoms with Crippen molar-refractivity contribution < 1.29 is 0 Å². The molecule has 1 aromatic heterocycles. The number of aromatic nitrogens is 1. The summed E-state index contributed by atoms with van der Waals surface area (Å²) < 4.78 is 1.17. The van der Waals surface area contributed by atoms with E-state index in [4.69, 9.17) is 0 Å². The van der Waals surface area contributed by atoms with Crippen LogP contribution >= 0.6 is 27.3 Å². The van der Waals surface area contributed by atoms with Crippen molar-refractivity contribution >= 4 is 27.3 Å². The smallest absolute Gasteiger partial charge is 0.0943 e. The van der Waals surface area contributed by atoms with E-state index in [0.717, 1.165) is 19.4 Å². The van der Waals surface area contributed by atoms with Gasteiger partial charge in [-0.1, -0.05) is 35.0 Å². The number of benzene rings is 1. The van der Waals surface area contributed by atoms with Gasteiger partial charge in [-0.25, -0.2) is 4.98 Å². The summed E-state index contributed by atoms with van der Waals surface area (Å²) in [5.41, 5.74) is 2.67. The summed E-state index contributed by atoms with van der Waals surface area (Å²) >= 11 is 5.35. The molecule has 1 heterocycles. The number of hydrogen-bond acceptors (Lipinski definition) is 3. The van der Waals surface area contributed by atoms with E-state index < -0.39 is 0 Å². The summed E-state index contributed by atoms with van der Waals surface area (Å²) in [5, 5.41) is 6.87. The molecule has 19 heavy (non-hydrogen) atoms. The maximum Gasteiger partial charge on any atom is 0.0943 e. The number of rotatable bonds is 6. The number of nitrogens with one attached hydrogen (secondary N) is 1. The molecule has 1 N–H and O–H groups in total. The minimum atomic E-state index is 0.337. The number of hydrogen-bond donors (Lipinski definition) is 1. The molecule has 102 valence electrons. The first-order valence-corrected chi connectivity index (χ1v) is 8.26. The number of thiazole rings is 1. The van der Waals surface area contributed by atoms with Crippen LogP contribution in [-0.4, -0.2) is 11.5 Å². The third-order valence-corrected chi connectivity index (χ3v) is 4.85. The second kappa shape index (κ2) is 7.17. The molecule has 0 saturated heterocycles. The van der Waals surface area contributed by atoms with Crippen molar-refractivity contribution in [2.45, 2.75) is 32.7 Å². The van der Waals surface area contributed by atoms with Gasteiger partial charge in [-0.05, 0) is 37.1 Å². The molecule has 2 aromatic rings. The minimum Gasteiger partial charge on any atom is -0.310 e. The van der Waals surface area contributed by atoms with E-state index in [2.05, 4.69) is 58.3 Å². The Bertz CT molecular complexity index is 511. The quantitative estimate of drug-likeness (QED) is 0.838. The fraction of sp³-hybridized carbons (Fsp3) is 0.400. The van der Waals surface area contributed by atoms with E-state index in [1.165, 1.54) is 20.6 Å². The minimum absolute atomic E-state index is 0.337. The highest BCUT2D eigenvalue weighted by Crippen LogP contribution is 2.27. The van der Waals surface area contributed by atoms with Crippen LogP contribution < -0.4 is 5.32 Å². The molecular formula is C15H19BrN2S. The predicted molar refractivity (Wildman–Crippen MR) is 85.7 cm³/mol. The lowest BCUT2D eigenvalue weighted by atomic mass is 9.99. The summed E-state index contributed by atoms with van der Waals surface area (Å²) in [6.45, 7) is 5.39. The van der Waals surface area contributed by atoms with Crippen LogP contribution in [-0.2, 0) is 6.42 Å². The predicted octanol–water partition coefficient (Wildman–Crippen LogP) is 4.50. The molecule has 0 aliphatic heterocycles. The van der Waals surface area contributed by atoms with Crippen molar-refractivity contribution in [3.63, 3.8) is 0 Å². The zero-order chi connectivity index (χ0) is 13.7. The molecule has 1 atom stereocenters. The largest absolute Gasteiger partial charge is 0.310 e. The van der Waals surface area contributed by atoms with Crippen molar-refractivity contribution in [2.75, 3.05) is 6.54 Å². The van der Waals surface area contributed by atoms with Gasteiger partial charge in [0, 0.05) is 28.5 Å². The zero-order valence-electron chi connectivity index (χ0n) is 11.3. The molecule has 0 spiro atoms. The molecule has 0 aliphatic carbocycles. The van der Waals surface area contributed by atoms with Gasteiger partial charge in [-0.2, -0.15) is 0 Å². The Morgan fingerprint density at radius 3 is 2.95 bits per heavy atom. The van der Waals surface area contributed by atoms with Crippen molar-refractivity contribution in [3.05, 3.63) is 50.4 Å². The fourth-order valence-corrected chi connectivity index (χ4v) is 3.19. The molecule has 1 unspecified atom stereocenters. The van der Waals surface area contributed by atoms with Gasteiger partial charge in [0.2, 0.25) is 0 Å². The van der Waals surface area contributed by atoms with E-state index in [1.807, 2.05) is 11.6 Å². The third-order valence-electron chi connectivity index (χ3n) is 3.19. The highest BCUT2D eigenvalue weighted by atomic mass is 79.9. The summed E-state index contributed by atoms with van der Waals surface area (Å²) in [6.07, 6.45) is 3.97. The first kappa shape index (κ1) is 14.7. The van der Waals surface area contributed by atoms with E-state index in [0.29, 0.717) is 6.04 Å². The van der Waals surface area contributed by atoms with Crippen molar-refractivity contribution in [1.82, 2.24) is 10.3 Å². The molecule has 0 bridgehead atoms. The maximum atomic E-state index is 4.41. The van der Waals surface area contributed by atoms with Gasteiger partial charge < -0.3 is 5.32 Å². The molecule has 0 fully saturated rings. The van der Waals surface area contributed by atoms with Gasteiger partial charge in [0.15, 0.2) is 0 Å². The lowest BCUT2D eigenvalue weighted by Gasteiger charge is -2.20. The molecule has 0 amide bonds. The standard InChI is InChI=1S/C15H19BrN2S/c1-3-7-17-14(10-15-18-8-9-19-15)12-5-4-6-13(16)11(12)2/h4-6,8-9,14,17H,3,7,10H2,1-2H3. The first-order chi connectivity index (χ1) is 9.22. The van der Waals surface area contributed by atoms with Crippen LogP contribution in [0.2, 0.25) is 0 Å².